The molecule has 1 N–H and O–H groups in total. The molecule has 2 aromatic rings. The minimum atomic E-state index is -3.81. The summed E-state index contributed by atoms with van der Waals surface area (Å²) in [6.45, 7) is 2.09. The van der Waals surface area contributed by atoms with Crippen LogP contribution in [0.4, 0.5) is 14.5 Å². The van der Waals surface area contributed by atoms with E-state index in [0.717, 1.165) is 6.07 Å². The molecule has 2 aromatic carbocycles. The first kappa shape index (κ1) is 19.0. The molecule has 0 bridgehead atoms. The van der Waals surface area contributed by atoms with Crippen molar-refractivity contribution in [2.75, 3.05) is 18.4 Å². The van der Waals surface area contributed by atoms with Crippen molar-refractivity contribution in [1.82, 2.24) is 4.31 Å². The van der Waals surface area contributed by atoms with Gasteiger partial charge in [0.15, 0.2) is 0 Å². The van der Waals surface area contributed by atoms with Crippen LogP contribution in [0.2, 0.25) is 0 Å². The molecule has 1 aliphatic heterocycles. The van der Waals surface area contributed by atoms with Gasteiger partial charge in [0.25, 0.3) is 0 Å². The molecule has 2 aliphatic rings. The molecule has 148 valence electrons. The Bertz CT molecular complexity index is 1060. The zero-order chi connectivity index (χ0) is 20.1. The number of aryl methyl sites for hydroxylation is 1. The molecule has 28 heavy (non-hydrogen) atoms. The fourth-order valence-electron chi connectivity index (χ4n) is 3.91. The fraction of sp³-hybridized carbons (Fsp3) is 0.350. The van der Waals surface area contributed by atoms with Crippen LogP contribution in [0.1, 0.15) is 18.4 Å². The lowest BCUT2D eigenvalue weighted by molar-refractivity contribution is -0.118. The molecule has 0 aromatic heterocycles. The molecule has 1 heterocycles. The van der Waals surface area contributed by atoms with Gasteiger partial charge in [-0.2, -0.15) is 4.31 Å². The summed E-state index contributed by atoms with van der Waals surface area (Å²) in [6.07, 6.45) is 1.16. The van der Waals surface area contributed by atoms with E-state index in [4.69, 9.17) is 0 Å². The Hall–Kier alpha value is -2.32. The van der Waals surface area contributed by atoms with Crippen molar-refractivity contribution in [2.24, 2.45) is 11.3 Å². The lowest BCUT2D eigenvalue weighted by Crippen LogP contribution is -2.30. The van der Waals surface area contributed by atoms with E-state index < -0.39 is 27.1 Å². The van der Waals surface area contributed by atoms with Crippen LogP contribution >= 0.6 is 0 Å². The Balaban J connectivity index is 1.45. The highest BCUT2D eigenvalue weighted by Crippen LogP contribution is 2.59. The SMILES string of the molecule is Cc1ccc(S(=O)(=O)N2CC[C@]3(C[C@H]3C(=O)Nc3cccc(F)c3)C2)cc1F. The van der Waals surface area contributed by atoms with Crippen LogP contribution in [0.25, 0.3) is 0 Å². The lowest BCUT2D eigenvalue weighted by atomic mass is 10.0. The molecular formula is C20H20F2N2O3S. The second-order valence-electron chi connectivity index (χ2n) is 7.62. The standard InChI is InChI=1S/C20H20F2N2O3S/c1-13-5-6-16(10-18(13)22)28(26,27)24-8-7-20(12-24)11-17(20)19(25)23-15-4-2-3-14(21)9-15/h2-6,9-10,17H,7-8,11-12H2,1H3,(H,23,25)/t17-,20-/m0/s1. The molecule has 0 radical (unpaired) electrons. The Kier molecular flexibility index (Phi) is 4.50. The quantitative estimate of drug-likeness (QED) is 0.847. The van der Waals surface area contributed by atoms with E-state index >= 15 is 0 Å². The zero-order valence-corrected chi connectivity index (χ0v) is 16.1. The smallest absolute Gasteiger partial charge is 0.243 e. The number of carbonyl (C=O) groups is 1. The van der Waals surface area contributed by atoms with Crippen LogP contribution in [0.3, 0.4) is 0 Å². The van der Waals surface area contributed by atoms with Crippen molar-refractivity contribution in [3.63, 3.8) is 0 Å². The third-order valence-corrected chi connectivity index (χ3v) is 7.57. The van der Waals surface area contributed by atoms with Crippen molar-refractivity contribution < 1.29 is 22.0 Å². The third kappa shape index (κ3) is 3.31. The summed E-state index contributed by atoms with van der Waals surface area (Å²) in [5.41, 5.74) is 0.367. The normalized spacial score (nSPS) is 24.5. The van der Waals surface area contributed by atoms with Crippen LogP contribution in [-0.4, -0.2) is 31.7 Å². The number of hydrogen-bond donors (Lipinski definition) is 1. The maximum Gasteiger partial charge on any atom is 0.243 e. The second-order valence-corrected chi connectivity index (χ2v) is 9.56. The van der Waals surface area contributed by atoms with Gasteiger partial charge in [-0.05, 0) is 61.1 Å². The first-order valence-corrected chi connectivity index (χ1v) is 10.5. The van der Waals surface area contributed by atoms with E-state index in [1.807, 2.05) is 0 Å². The van der Waals surface area contributed by atoms with E-state index in [-0.39, 0.29) is 23.3 Å². The van der Waals surface area contributed by atoms with Gasteiger partial charge in [-0.15, -0.1) is 0 Å². The lowest BCUT2D eigenvalue weighted by Gasteiger charge is -2.17. The van der Waals surface area contributed by atoms with Gasteiger partial charge < -0.3 is 5.32 Å². The zero-order valence-electron chi connectivity index (χ0n) is 15.3. The summed E-state index contributed by atoms with van der Waals surface area (Å²) in [4.78, 5) is 12.4. The first-order chi connectivity index (χ1) is 13.2. The van der Waals surface area contributed by atoms with Gasteiger partial charge in [-0.25, -0.2) is 17.2 Å². The number of benzene rings is 2. The summed E-state index contributed by atoms with van der Waals surface area (Å²) >= 11 is 0. The van der Waals surface area contributed by atoms with E-state index in [0.29, 0.717) is 30.6 Å². The average Bonchev–Trinajstić information content (AvgIpc) is 3.16. The number of hydrogen-bond acceptors (Lipinski definition) is 3. The van der Waals surface area contributed by atoms with Crippen LogP contribution in [0.15, 0.2) is 47.4 Å². The molecule has 2 atom stereocenters. The van der Waals surface area contributed by atoms with Gasteiger partial charge in [0.05, 0.1) is 4.90 Å². The number of rotatable bonds is 4. The number of anilines is 1. The van der Waals surface area contributed by atoms with Crippen molar-refractivity contribution in [3.8, 4) is 0 Å². The Morgan fingerprint density at radius 1 is 1.21 bits per heavy atom. The highest BCUT2D eigenvalue weighted by molar-refractivity contribution is 7.89. The Morgan fingerprint density at radius 2 is 2.00 bits per heavy atom. The molecule has 1 saturated carbocycles. The van der Waals surface area contributed by atoms with Gasteiger partial charge in [0, 0.05) is 24.7 Å². The van der Waals surface area contributed by atoms with Crippen LogP contribution in [0.5, 0.6) is 0 Å². The van der Waals surface area contributed by atoms with Gasteiger partial charge in [-0.3, -0.25) is 4.79 Å². The minimum Gasteiger partial charge on any atom is -0.326 e. The van der Waals surface area contributed by atoms with E-state index in [1.54, 1.807) is 13.0 Å². The monoisotopic (exact) mass is 406 g/mol. The topological polar surface area (TPSA) is 66.5 Å². The molecule has 1 saturated heterocycles. The van der Waals surface area contributed by atoms with Crippen molar-refractivity contribution >= 4 is 21.6 Å². The molecule has 1 spiro atoms. The van der Waals surface area contributed by atoms with Gasteiger partial charge >= 0.3 is 0 Å². The van der Waals surface area contributed by atoms with Crippen LogP contribution in [0, 0.1) is 29.9 Å². The van der Waals surface area contributed by atoms with E-state index in [9.17, 15) is 22.0 Å². The maximum atomic E-state index is 13.8. The number of carbonyl (C=O) groups excluding carboxylic acids is 1. The highest BCUT2D eigenvalue weighted by atomic mass is 32.2. The third-order valence-electron chi connectivity index (χ3n) is 5.73. The van der Waals surface area contributed by atoms with E-state index in [2.05, 4.69) is 5.32 Å². The highest BCUT2D eigenvalue weighted by Gasteiger charge is 2.62. The van der Waals surface area contributed by atoms with E-state index in [1.165, 1.54) is 34.6 Å². The number of halogens is 2. The second kappa shape index (κ2) is 6.63. The molecule has 1 amide bonds. The average molecular weight is 406 g/mol. The number of nitrogens with zero attached hydrogens (tertiary/aromatic N) is 1. The summed E-state index contributed by atoms with van der Waals surface area (Å²) < 4.78 is 54.1. The van der Waals surface area contributed by atoms with Crippen molar-refractivity contribution in [2.45, 2.75) is 24.7 Å². The largest absolute Gasteiger partial charge is 0.326 e. The van der Waals surface area contributed by atoms with Gasteiger partial charge in [0.1, 0.15) is 11.6 Å². The number of nitrogens with one attached hydrogen (secondary N) is 1. The molecule has 5 nitrogen and oxygen atoms in total. The maximum absolute atomic E-state index is 13.8. The molecular weight excluding hydrogens is 386 g/mol. The number of sulfonamides is 1. The fourth-order valence-corrected chi connectivity index (χ4v) is 5.46. The minimum absolute atomic E-state index is 0.0749. The Labute approximate surface area is 162 Å². The molecule has 0 unspecified atom stereocenters. The van der Waals surface area contributed by atoms with Gasteiger partial charge in [-0.1, -0.05) is 12.1 Å². The summed E-state index contributed by atoms with van der Waals surface area (Å²) in [7, 11) is -3.81. The molecule has 4 rings (SSSR count). The molecule has 8 heteroatoms. The van der Waals surface area contributed by atoms with Crippen LogP contribution in [-0.2, 0) is 14.8 Å². The predicted molar refractivity (Wildman–Crippen MR) is 100 cm³/mol. The van der Waals surface area contributed by atoms with Crippen molar-refractivity contribution in [1.29, 1.82) is 0 Å². The summed E-state index contributed by atoms with van der Waals surface area (Å²) in [5.74, 6) is -1.54. The van der Waals surface area contributed by atoms with Gasteiger partial charge in [0.2, 0.25) is 15.9 Å². The molecule has 2 fully saturated rings. The van der Waals surface area contributed by atoms with Crippen LogP contribution < -0.4 is 5.32 Å². The molecule has 1 aliphatic carbocycles. The number of amides is 1. The first-order valence-electron chi connectivity index (χ1n) is 9.04. The summed E-state index contributed by atoms with van der Waals surface area (Å²) in [6, 6.07) is 9.54. The van der Waals surface area contributed by atoms with Crippen molar-refractivity contribution in [3.05, 3.63) is 59.7 Å². The predicted octanol–water partition coefficient (Wildman–Crippen LogP) is 3.31. The summed E-state index contributed by atoms with van der Waals surface area (Å²) in [5, 5.41) is 2.70. The Morgan fingerprint density at radius 3 is 2.71 bits per heavy atom.